The standard InChI is InChI=1S/C18H19Cl2N3O3/c1-2-26-18(25)14-16(24)12-13(19)17(20)23(15(12)11(8-21)22-14)9-10-6-4-3-5-7-10/h10,24H,2-7,9H2,1H3. The molecule has 1 saturated carbocycles. The van der Waals surface area contributed by atoms with Gasteiger partial charge in [-0.05, 0) is 25.7 Å². The van der Waals surface area contributed by atoms with Crippen LogP contribution >= 0.6 is 23.2 Å². The van der Waals surface area contributed by atoms with Crippen molar-refractivity contribution in [1.29, 1.82) is 5.26 Å². The summed E-state index contributed by atoms with van der Waals surface area (Å²) < 4.78 is 6.63. The van der Waals surface area contributed by atoms with Crippen molar-refractivity contribution in [3.63, 3.8) is 0 Å². The molecular formula is C18H19Cl2N3O3. The van der Waals surface area contributed by atoms with Crippen molar-refractivity contribution in [3.8, 4) is 11.8 Å². The monoisotopic (exact) mass is 395 g/mol. The Kier molecular flexibility index (Phi) is 5.59. The highest BCUT2D eigenvalue weighted by Crippen LogP contribution is 2.42. The predicted molar refractivity (Wildman–Crippen MR) is 98.7 cm³/mol. The van der Waals surface area contributed by atoms with Gasteiger partial charge >= 0.3 is 5.97 Å². The van der Waals surface area contributed by atoms with Crippen LogP contribution < -0.4 is 0 Å². The van der Waals surface area contributed by atoms with Gasteiger partial charge in [0.2, 0.25) is 0 Å². The average molecular weight is 396 g/mol. The second-order valence-corrected chi connectivity index (χ2v) is 7.17. The lowest BCUT2D eigenvalue weighted by molar-refractivity contribution is 0.0516. The Hall–Kier alpha value is -1.97. The second-order valence-electron chi connectivity index (χ2n) is 6.43. The number of aromatic nitrogens is 2. The fourth-order valence-electron chi connectivity index (χ4n) is 3.58. The molecule has 0 saturated heterocycles. The molecule has 2 aromatic heterocycles. The molecule has 3 rings (SSSR count). The van der Waals surface area contributed by atoms with E-state index in [1.807, 2.05) is 6.07 Å². The normalized spacial score (nSPS) is 15.2. The minimum absolute atomic E-state index is 0.00883. The van der Waals surface area contributed by atoms with Crippen LogP contribution in [0.25, 0.3) is 10.9 Å². The number of esters is 1. The van der Waals surface area contributed by atoms with Gasteiger partial charge in [-0.15, -0.1) is 0 Å². The van der Waals surface area contributed by atoms with E-state index in [-0.39, 0.29) is 33.6 Å². The number of halogens is 2. The van der Waals surface area contributed by atoms with E-state index in [1.54, 1.807) is 11.5 Å². The Balaban J connectivity index is 2.18. The fourth-order valence-corrected chi connectivity index (χ4v) is 4.11. The highest BCUT2D eigenvalue weighted by molar-refractivity contribution is 6.46. The Morgan fingerprint density at radius 2 is 2.08 bits per heavy atom. The van der Waals surface area contributed by atoms with E-state index in [4.69, 9.17) is 27.9 Å². The average Bonchev–Trinajstić information content (AvgIpc) is 2.89. The maximum Gasteiger partial charge on any atom is 0.360 e. The Labute approximate surface area is 161 Å². The molecule has 0 radical (unpaired) electrons. The largest absolute Gasteiger partial charge is 0.505 e. The molecule has 0 atom stereocenters. The third-order valence-corrected chi connectivity index (χ3v) is 5.65. The van der Waals surface area contributed by atoms with Crippen LogP contribution in [-0.4, -0.2) is 27.2 Å². The van der Waals surface area contributed by atoms with Gasteiger partial charge in [0.05, 0.1) is 22.5 Å². The number of hydrogen-bond acceptors (Lipinski definition) is 5. The summed E-state index contributed by atoms with van der Waals surface area (Å²) >= 11 is 12.8. The number of nitriles is 1. The summed E-state index contributed by atoms with van der Waals surface area (Å²) in [6.45, 7) is 2.36. The van der Waals surface area contributed by atoms with E-state index in [1.165, 1.54) is 6.42 Å². The van der Waals surface area contributed by atoms with Crippen LogP contribution in [0, 0.1) is 17.2 Å². The summed E-state index contributed by atoms with van der Waals surface area (Å²) in [6.07, 6.45) is 5.71. The van der Waals surface area contributed by atoms with Gasteiger partial charge in [-0.3, -0.25) is 0 Å². The van der Waals surface area contributed by atoms with Gasteiger partial charge in [-0.2, -0.15) is 5.26 Å². The lowest BCUT2D eigenvalue weighted by Gasteiger charge is -2.23. The maximum absolute atomic E-state index is 12.1. The number of carbonyl (C=O) groups is 1. The van der Waals surface area contributed by atoms with Crippen molar-refractivity contribution in [2.45, 2.75) is 45.6 Å². The first-order valence-corrected chi connectivity index (χ1v) is 9.42. The van der Waals surface area contributed by atoms with Gasteiger partial charge in [0.25, 0.3) is 0 Å². The van der Waals surface area contributed by atoms with E-state index in [0.29, 0.717) is 18.0 Å². The van der Waals surface area contributed by atoms with Crippen LogP contribution in [0.5, 0.6) is 5.75 Å². The first kappa shape index (κ1) is 18.8. The zero-order chi connectivity index (χ0) is 18.8. The van der Waals surface area contributed by atoms with Crippen LogP contribution in [0.1, 0.15) is 55.2 Å². The third kappa shape index (κ3) is 3.22. The molecule has 26 heavy (non-hydrogen) atoms. The van der Waals surface area contributed by atoms with Gasteiger partial charge in [0, 0.05) is 6.54 Å². The molecule has 1 aliphatic carbocycles. The van der Waals surface area contributed by atoms with Crippen LogP contribution in [-0.2, 0) is 11.3 Å². The third-order valence-electron chi connectivity index (χ3n) is 4.79. The second kappa shape index (κ2) is 7.73. The number of ether oxygens (including phenoxy) is 1. The number of hydrogen-bond donors (Lipinski definition) is 1. The van der Waals surface area contributed by atoms with Crippen molar-refractivity contribution < 1.29 is 14.6 Å². The maximum atomic E-state index is 12.1. The molecule has 138 valence electrons. The Morgan fingerprint density at radius 3 is 2.69 bits per heavy atom. The summed E-state index contributed by atoms with van der Waals surface area (Å²) in [5.41, 5.74) is 0.0216. The molecule has 1 aliphatic rings. The van der Waals surface area contributed by atoms with Gasteiger partial charge < -0.3 is 14.4 Å². The summed E-state index contributed by atoms with van der Waals surface area (Å²) in [6, 6.07) is 1.98. The Bertz CT molecular complexity index is 896. The molecule has 0 aliphatic heterocycles. The van der Waals surface area contributed by atoms with Crippen molar-refractivity contribution in [1.82, 2.24) is 9.55 Å². The van der Waals surface area contributed by atoms with Crippen LogP contribution in [0.3, 0.4) is 0 Å². The zero-order valence-corrected chi connectivity index (χ0v) is 15.9. The smallest absolute Gasteiger partial charge is 0.360 e. The Morgan fingerprint density at radius 1 is 1.38 bits per heavy atom. The van der Waals surface area contributed by atoms with Crippen LogP contribution in [0.4, 0.5) is 0 Å². The van der Waals surface area contributed by atoms with E-state index in [0.717, 1.165) is 25.7 Å². The van der Waals surface area contributed by atoms with Crippen LogP contribution in [0.15, 0.2) is 0 Å². The molecule has 0 spiro atoms. The summed E-state index contributed by atoms with van der Waals surface area (Å²) in [5, 5.41) is 20.6. The number of carbonyl (C=O) groups excluding carboxylic acids is 1. The van der Waals surface area contributed by atoms with Crippen molar-refractivity contribution >= 4 is 40.1 Å². The lowest BCUT2D eigenvalue weighted by atomic mass is 9.89. The molecule has 6 nitrogen and oxygen atoms in total. The minimum Gasteiger partial charge on any atom is -0.505 e. The molecule has 2 aromatic rings. The topological polar surface area (TPSA) is 88.1 Å². The zero-order valence-electron chi connectivity index (χ0n) is 14.4. The number of pyridine rings is 1. The quantitative estimate of drug-likeness (QED) is 0.759. The van der Waals surface area contributed by atoms with Gasteiger partial charge in [0.1, 0.15) is 11.2 Å². The number of aromatic hydroxyl groups is 1. The van der Waals surface area contributed by atoms with Crippen molar-refractivity contribution in [2.75, 3.05) is 6.61 Å². The predicted octanol–water partition coefficient (Wildman–Crippen LogP) is 4.68. The molecule has 1 fully saturated rings. The molecule has 0 aromatic carbocycles. The van der Waals surface area contributed by atoms with Crippen molar-refractivity contribution in [3.05, 3.63) is 21.6 Å². The van der Waals surface area contributed by atoms with Crippen LogP contribution in [0.2, 0.25) is 10.2 Å². The van der Waals surface area contributed by atoms with Gasteiger partial charge in [-0.1, -0.05) is 42.5 Å². The number of rotatable bonds is 4. The highest BCUT2D eigenvalue weighted by atomic mass is 35.5. The highest BCUT2D eigenvalue weighted by Gasteiger charge is 2.28. The lowest BCUT2D eigenvalue weighted by Crippen LogP contribution is -2.15. The van der Waals surface area contributed by atoms with Crippen molar-refractivity contribution in [2.24, 2.45) is 5.92 Å². The molecule has 0 unspecified atom stereocenters. The number of fused-ring (bicyclic) bond motifs is 1. The van der Waals surface area contributed by atoms with E-state index in [9.17, 15) is 15.2 Å². The molecule has 0 bridgehead atoms. The first-order chi connectivity index (χ1) is 12.5. The van der Waals surface area contributed by atoms with E-state index >= 15 is 0 Å². The summed E-state index contributed by atoms with van der Waals surface area (Å²) in [5.74, 6) is -0.798. The molecule has 0 amide bonds. The minimum atomic E-state index is -0.810. The molecule has 2 heterocycles. The first-order valence-electron chi connectivity index (χ1n) is 8.66. The van der Waals surface area contributed by atoms with E-state index < -0.39 is 11.7 Å². The van der Waals surface area contributed by atoms with E-state index in [2.05, 4.69) is 4.98 Å². The fraction of sp³-hybridized carbons (Fsp3) is 0.500. The van der Waals surface area contributed by atoms with Gasteiger partial charge in [-0.25, -0.2) is 9.78 Å². The van der Waals surface area contributed by atoms with Gasteiger partial charge in [0.15, 0.2) is 17.1 Å². The summed E-state index contributed by atoms with van der Waals surface area (Å²) in [7, 11) is 0. The SMILES string of the molecule is CCOC(=O)c1nc(C#N)c2c(c1O)c(Cl)c(Cl)n2CC1CCCCC1. The molecule has 1 N–H and O–H groups in total. The molecule has 8 heteroatoms. The molecular weight excluding hydrogens is 377 g/mol. The number of nitrogens with zero attached hydrogens (tertiary/aromatic N) is 3. The summed E-state index contributed by atoms with van der Waals surface area (Å²) in [4.78, 5) is 16.1.